The Kier molecular flexibility index (Phi) is 8.54. The molecule has 0 radical (unpaired) electrons. The van der Waals surface area contributed by atoms with Gasteiger partial charge in [0.15, 0.2) is 5.16 Å². The topological polar surface area (TPSA) is 73.2 Å². The molecule has 0 saturated carbocycles. The average Bonchev–Trinajstić information content (AvgIpc) is 3.29. The molecule has 4 aromatic rings. The van der Waals surface area contributed by atoms with Gasteiger partial charge in [0, 0.05) is 17.3 Å². The van der Waals surface area contributed by atoms with Gasteiger partial charge in [-0.25, -0.2) is 4.98 Å². The molecular formula is C31H35N3O3S2. The molecule has 39 heavy (non-hydrogen) atoms. The van der Waals surface area contributed by atoms with Crippen LogP contribution in [0.15, 0.2) is 64.5 Å². The summed E-state index contributed by atoms with van der Waals surface area (Å²) in [5, 5.41) is 4.33. The second-order valence-electron chi connectivity index (χ2n) is 10.6. The lowest BCUT2D eigenvalue weighted by Crippen LogP contribution is -2.34. The van der Waals surface area contributed by atoms with Crippen LogP contribution in [0.25, 0.3) is 15.9 Å². The van der Waals surface area contributed by atoms with Crippen LogP contribution in [0.5, 0.6) is 0 Å². The predicted octanol–water partition coefficient (Wildman–Crippen LogP) is 6.08. The number of thioether (sulfide) groups is 1. The molecule has 0 aliphatic carbocycles. The van der Waals surface area contributed by atoms with Crippen molar-refractivity contribution < 1.29 is 9.53 Å². The Morgan fingerprint density at radius 1 is 1.18 bits per heavy atom. The first-order chi connectivity index (χ1) is 18.8. The molecule has 0 saturated heterocycles. The lowest BCUT2D eigenvalue weighted by molar-refractivity contribution is -0.119. The number of carbonyl (C=O) groups excluding carboxylic acids is 1. The van der Waals surface area contributed by atoms with E-state index in [9.17, 15) is 9.59 Å². The normalized spacial score (nSPS) is 15.9. The lowest BCUT2D eigenvalue weighted by Gasteiger charge is -2.26. The number of hydrogen-bond acceptors (Lipinski definition) is 6. The predicted molar refractivity (Wildman–Crippen MR) is 160 cm³/mol. The first kappa shape index (κ1) is 27.6. The minimum atomic E-state index is -0.0772. The first-order valence-electron chi connectivity index (χ1n) is 13.5. The highest BCUT2D eigenvalue weighted by molar-refractivity contribution is 7.99. The summed E-state index contributed by atoms with van der Waals surface area (Å²) in [6.45, 7) is 8.84. The third kappa shape index (κ3) is 6.29. The Bertz CT molecular complexity index is 1530. The van der Waals surface area contributed by atoms with Crippen molar-refractivity contribution in [3.63, 3.8) is 0 Å². The standard InChI is InChI=1S/C31H35N3O3S2/c1-19(2)25-16-24-26(17-37-25)39-29-28(24)30(36)34(23-12-8-9-20(3)15-23)31(33-29)38-18-27(35)32-21(4)13-14-22-10-6-5-7-11-22/h5-12,15,19,21,25H,13-14,16-18H2,1-4H3,(H,32,35)/t21-,25+/m0/s1. The molecule has 2 aromatic carbocycles. The van der Waals surface area contributed by atoms with Crippen molar-refractivity contribution in [1.29, 1.82) is 0 Å². The molecule has 3 heterocycles. The highest BCUT2D eigenvalue weighted by Crippen LogP contribution is 2.36. The van der Waals surface area contributed by atoms with Gasteiger partial charge in [0.1, 0.15) is 4.83 Å². The zero-order valence-corrected chi connectivity index (χ0v) is 24.5. The highest BCUT2D eigenvalue weighted by atomic mass is 32.2. The summed E-state index contributed by atoms with van der Waals surface area (Å²) in [7, 11) is 0. The van der Waals surface area contributed by atoms with E-state index in [1.165, 1.54) is 28.7 Å². The van der Waals surface area contributed by atoms with E-state index >= 15 is 0 Å². The Labute approximate surface area is 237 Å². The van der Waals surface area contributed by atoms with Crippen LogP contribution >= 0.6 is 23.1 Å². The second kappa shape index (κ2) is 12.1. The number of amides is 1. The summed E-state index contributed by atoms with van der Waals surface area (Å²) in [5.74, 6) is 0.483. The van der Waals surface area contributed by atoms with Crippen LogP contribution in [0, 0.1) is 12.8 Å². The van der Waals surface area contributed by atoms with Gasteiger partial charge in [-0.3, -0.25) is 14.2 Å². The number of nitrogens with one attached hydrogen (secondary N) is 1. The zero-order chi connectivity index (χ0) is 27.5. The number of aryl methyl sites for hydroxylation is 2. The average molecular weight is 562 g/mol. The van der Waals surface area contributed by atoms with E-state index in [1.54, 1.807) is 4.57 Å². The molecule has 8 heteroatoms. The van der Waals surface area contributed by atoms with Crippen LogP contribution in [-0.2, 0) is 29.0 Å². The second-order valence-corrected chi connectivity index (χ2v) is 12.7. The maximum absolute atomic E-state index is 14.1. The van der Waals surface area contributed by atoms with Crippen LogP contribution in [0.3, 0.4) is 0 Å². The summed E-state index contributed by atoms with van der Waals surface area (Å²) in [4.78, 5) is 33.7. The van der Waals surface area contributed by atoms with Gasteiger partial charge in [-0.05, 0) is 61.4 Å². The van der Waals surface area contributed by atoms with Crippen molar-refractivity contribution in [1.82, 2.24) is 14.9 Å². The fraction of sp³-hybridized carbons (Fsp3) is 0.387. The molecule has 0 spiro atoms. The van der Waals surface area contributed by atoms with Crippen molar-refractivity contribution in [2.75, 3.05) is 5.75 Å². The maximum Gasteiger partial charge on any atom is 0.267 e. The van der Waals surface area contributed by atoms with E-state index < -0.39 is 0 Å². The Morgan fingerprint density at radius 2 is 1.97 bits per heavy atom. The molecule has 204 valence electrons. The van der Waals surface area contributed by atoms with Gasteiger partial charge < -0.3 is 10.1 Å². The molecule has 2 aromatic heterocycles. The van der Waals surface area contributed by atoms with Crippen molar-refractivity contribution in [3.05, 3.63) is 86.5 Å². The van der Waals surface area contributed by atoms with Gasteiger partial charge >= 0.3 is 0 Å². The first-order valence-corrected chi connectivity index (χ1v) is 15.3. The van der Waals surface area contributed by atoms with Crippen LogP contribution in [0.4, 0.5) is 0 Å². The van der Waals surface area contributed by atoms with Crippen molar-refractivity contribution in [2.45, 2.75) is 70.9 Å². The molecular weight excluding hydrogens is 526 g/mol. The van der Waals surface area contributed by atoms with Crippen LogP contribution in [0.1, 0.15) is 48.8 Å². The smallest absolute Gasteiger partial charge is 0.267 e. The van der Waals surface area contributed by atoms with Gasteiger partial charge in [-0.15, -0.1) is 11.3 Å². The molecule has 1 amide bonds. The molecule has 0 unspecified atom stereocenters. The molecule has 0 bridgehead atoms. The van der Waals surface area contributed by atoms with E-state index in [-0.39, 0.29) is 29.4 Å². The van der Waals surface area contributed by atoms with Gasteiger partial charge in [0.2, 0.25) is 5.91 Å². The van der Waals surface area contributed by atoms with Crippen LogP contribution in [0.2, 0.25) is 0 Å². The number of carbonyl (C=O) groups is 1. The number of thiophene rings is 1. The number of fused-ring (bicyclic) bond motifs is 3. The third-order valence-electron chi connectivity index (χ3n) is 7.16. The molecule has 6 nitrogen and oxygen atoms in total. The Hall–Kier alpha value is -2.94. The molecule has 1 N–H and O–H groups in total. The van der Waals surface area contributed by atoms with Gasteiger partial charge in [0.05, 0.1) is 29.5 Å². The van der Waals surface area contributed by atoms with Crippen LogP contribution < -0.4 is 10.9 Å². The summed E-state index contributed by atoms with van der Waals surface area (Å²) in [5.41, 5.74) is 4.07. The summed E-state index contributed by atoms with van der Waals surface area (Å²) >= 11 is 2.84. The lowest BCUT2D eigenvalue weighted by atomic mass is 9.96. The number of ether oxygens (including phenoxy) is 1. The maximum atomic E-state index is 14.1. The summed E-state index contributed by atoms with van der Waals surface area (Å²) in [6, 6.07) is 18.2. The number of aromatic nitrogens is 2. The monoisotopic (exact) mass is 561 g/mol. The number of nitrogens with zero attached hydrogens (tertiary/aromatic N) is 2. The fourth-order valence-electron chi connectivity index (χ4n) is 4.97. The van der Waals surface area contributed by atoms with E-state index in [4.69, 9.17) is 9.72 Å². The number of rotatable bonds is 9. The van der Waals surface area contributed by atoms with Crippen molar-refractivity contribution in [2.24, 2.45) is 5.92 Å². The molecule has 1 aliphatic rings. The van der Waals surface area contributed by atoms with E-state index in [0.717, 1.165) is 39.4 Å². The van der Waals surface area contributed by atoms with E-state index in [0.29, 0.717) is 29.5 Å². The van der Waals surface area contributed by atoms with E-state index in [1.807, 2.05) is 56.3 Å². The molecule has 1 aliphatic heterocycles. The molecule has 5 rings (SSSR count). The fourth-order valence-corrected chi connectivity index (χ4v) is 6.96. The SMILES string of the molecule is Cc1cccc(-n2c(SCC(=O)N[C@@H](C)CCc3ccccc3)nc3sc4c(c3c2=O)C[C@H](C(C)C)OC4)c1. The summed E-state index contributed by atoms with van der Waals surface area (Å²) < 4.78 is 7.76. The van der Waals surface area contributed by atoms with Gasteiger partial charge in [0.25, 0.3) is 5.56 Å². The number of benzene rings is 2. The van der Waals surface area contributed by atoms with Gasteiger partial charge in [-0.2, -0.15) is 0 Å². The van der Waals surface area contributed by atoms with Crippen molar-refractivity contribution >= 4 is 39.2 Å². The van der Waals surface area contributed by atoms with Crippen molar-refractivity contribution in [3.8, 4) is 5.69 Å². The zero-order valence-electron chi connectivity index (χ0n) is 22.9. The Balaban J connectivity index is 1.40. The minimum absolute atomic E-state index is 0.0469. The third-order valence-corrected chi connectivity index (χ3v) is 9.20. The summed E-state index contributed by atoms with van der Waals surface area (Å²) in [6.07, 6.45) is 2.57. The minimum Gasteiger partial charge on any atom is -0.372 e. The van der Waals surface area contributed by atoms with Gasteiger partial charge in [-0.1, -0.05) is 68.1 Å². The largest absolute Gasteiger partial charge is 0.372 e. The quantitative estimate of drug-likeness (QED) is 0.198. The number of hydrogen-bond donors (Lipinski definition) is 1. The van der Waals surface area contributed by atoms with E-state index in [2.05, 4.69) is 31.3 Å². The molecule has 0 fully saturated rings. The Morgan fingerprint density at radius 3 is 2.72 bits per heavy atom. The van der Waals surface area contributed by atoms with Crippen LogP contribution in [-0.4, -0.2) is 33.4 Å². The molecule has 2 atom stereocenters. The highest BCUT2D eigenvalue weighted by Gasteiger charge is 2.29.